The van der Waals surface area contributed by atoms with Crippen molar-refractivity contribution < 1.29 is 14.3 Å². The Morgan fingerprint density at radius 1 is 1.33 bits per heavy atom. The molecular weight excluding hydrogens is 304 g/mol. The zero-order valence-electron chi connectivity index (χ0n) is 14.9. The molecule has 0 saturated carbocycles. The molecule has 0 spiro atoms. The van der Waals surface area contributed by atoms with Gasteiger partial charge in [0, 0.05) is 19.2 Å². The second kappa shape index (κ2) is 8.71. The van der Waals surface area contributed by atoms with Crippen molar-refractivity contribution in [2.75, 3.05) is 18.5 Å². The highest BCUT2D eigenvalue weighted by molar-refractivity contribution is 5.90. The Kier molecular flexibility index (Phi) is 6.64. The average Bonchev–Trinajstić information content (AvgIpc) is 3.00. The number of cyclic esters (lactones) is 1. The number of nitrogens with zero attached hydrogens (tertiary/aromatic N) is 2. The molecule has 2 rings (SSSR count). The number of ether oxygens (including phenoxy) is 1. The third-order valence-electron chi connectivity index (χ3n) is 4.70. The van der Waals surface area contributed by atoms with E-state index in [-0.39, 0.29) is 5.91 Å². The third-order valence-corrected chi connectivity index (χ3v) is 4.70. The summed E-state index contributed by atoms with van der Waals surface area (Å²) >= 11 is 0. The zero-order valence-corrected chi connectivity index (χ0v) is 14.9. The van der Waals surface area contributed by atoms with Gasteiger partial charge in [0.25, 0.3) is 0 Å². The lowest BCUT2D eigenvalue weighted by atomic mass is 9.95. The van der Waals surface area contributed by atoms with Crippen molar-refractivity contribution in [2.24, 2.45) is 5.92 Å². The lowest BCUT2D eigenvalue weighted by Crippen LogP contribution is -2.40. The summed E-state index contributed by atoms with van der Waals surface area (Å²) in [6.07, 6.45) is 3.97. The summed E-state index contributed by atoms with van der Waals surface area (Å²) in [7, 11) is 1.72. The first-order valence-electron chi connectivity index (χ1n) is 8.85. The van der Waals surface area contributed by atoms with Gasteiger partial charge in [-0.1, -0.05) is 51.3 Å². The van der Waals surface area contributed by atoms with Gasteiger partial charge in [0.05, 0.1) is 6.54 Å². The minimum absolute atomic E-state index is 0.0469. The molecule has 1 aromatic rings. The van der Waals surface area contributed by atoms with Gasteiger partial charge in [0.15, 0.2) is 6.23 Å². The van der Waals surface area contributed by atoms with Gasteiger partial charge in [0.1, 0.15) is 0 Å². The number of hydrogen-bond donors (Lipinski definition) is 0. The van der Waals surface area contributed by atoms with Crippen molar-refractivity contribution in [2.45, 2.75) is 52.2 Å². The minimum atomic E-state index is -0.520. The Bertz CT molecular complexity index is 547. The third kappa shape index (κ3) is 4.49. The number of carbonyl (C=O) groups excluding carboxylic acids is 2. The average molecular weight is 332 g/mol. The maximum absolute atomic E-state index is 12.5. The molecule has 1 heterocycles. The van der Waals surface area contributed by atoms with E-state index in [9.17, 15) is 9.59 Å². The number of benzene rings is 1. The van der Waals surface area contributed by atoms with Gasteiger partial charge >= 0.3 is 6.09 Å². The molecule has 1 saturated heterocycles. The van der Waals surface area contributed by atoms with Crippen LogP contribution in [0.1, 0.15) is 46.0 Å². The van der Waals surface area contributed by atoms with Crippen LogP contribution in [0.3, 0.4) is 0 Å². The lowest BCUT2D eigenvalue weighted by molar-refractivity contribution is -0.138. The van der Waals surface area contributed by atoms with E-state index in [4.69, 9.17) is 4.74 Å². The quantitative estimate of drug-likeness (QED) is 0.722. The summed E-state index contributed by atoms with van der Waals surface area (Å²) in [4.78, 5) is 27.8. The second-order valence-corrected chi connectivity index (χ2v) is 6.41. The van der Waals surface area contributed by atoms with E-state index in [0.29, 0.717) is 18.9 Å². The first-order valence-corrected chi connectivity index (χ1v) is 8.85. The second-order valence-electron chi connectivity index (χ2n) is 6.41. The number of likely N-dealkylation sites (N-methyl/N-ethyl adjacent to an activating group) is 1. The van der Waals surface area contributed by atoms with E-state index >= 15 is 0 Å². The van der Waals surface area contributed by atoms with Gasteiger partial charge in [-0.15, -0.1) is 0 Å². The van der Waals surface area contributed by atoms with E-state index in [0.717, 1.165) is 31.4 Å². The Labute approximate surface area is 144 Å². The maximum atomic E-state index is 12.5. The predicted octanol–water partition coefficient (Wildman–Crippen LogP) is 4.03. The van der Waals surface area contributed by atoms with E-state index in [1.165, 1.54) is 0 Å². The van der Waals surface area contributed by atoms with Gasteiger partial charge in [-0.3, -0.25) is 9.69 Å². The van der Waals surface area contributed by atoms with Crippen LogP contribution < -0.4 is 4.90 Å². The normalized spacial score (nSPS) is 18.4. The largest absolute Gasteiger partial charge is 0.423 e. The molecule has 1 aliphatic rings. The number of rotatable bonds is 8. The Hall–Kier alpha value is -2.04. The molecule has 2 unspecified atom stereocenters. The van der Waals surface area contributed by atoms with Crippen LogP contribution >= 0.6 is 0 Å². The van der Waals surface area contributed by atoms with E-state index in [1.54, 1.807) is 16.8 Å². The Balaban J connectivity index is 1.94. The molecule has 2 amide bonds. The molecule has 0 N–H and O–H groups in total. The number of anilines is 1. The van der Waals surface area contributed by atoms with E-state index in [1.807, 2.05) is 30.3 Å². The number of amides is 2. The molecule has 132 valence electrons. The van der Waals surface area contributed by atoms with Gasteiger partial charge in [-0.05, 0) is 24.5 Å². The number of para-hydroxylation sites is 1. The first kappa shape index (κ1) is 18.3. The van der Waals surface area contributed by atoms with Crippen molar-refractivity contribution >= 4 is 17.7 Å². The molecule has 2 atom stereocenters. The van der Waals surface area contributed by atoms with Crippen LogP contribution in [0.15, 0.2) is 30.3 Å². The fourth-order valence-corrected chi connectivity index (χ4v) is 2.96. The van der Waals surface area contributed by atoms with E-state index in [2.05, 4.69) is 13.8 Å². The van der Waals surface area contributed by atoms with E-state index < -0.39 is 12.3 Å². The first-order chi connectivity index (χ1) is 11.6. The lowest BCUT2D eigenvalue weighted by Gasteiger charge is -2.24. The van der Waals surface area contributed by atoms with Crippen LogP contribution in [0.4, 0.5) is 10.5 Å². The summed E-state index contributed by atoms with van der Waals surface area (Å²) in [5, 5.41) is 0. The van der Waals surface area contributed by atoms with Crippen LogP contribution in [-0.2, 0) is 9.53 Å². The fraction of sp³-hybridized carbons (Fsp3) is 0.579. The molecule has 1 aliphatic heterocycles. The zero-order chi connectivity index (χ0) is 17.5. The highest BCUT2D eigenvalue weighted by atomic mass is 16.6. The van der Waals surface area contributed by atoms with Crippen molar-refractivity contribution in [3.8, 4) is 0 Å². The topological polar surface area (TPSA) is 49.9 Å². The fourth-order valence-electron chi connectivity index (χ4n) is 2.96. The van der Waals surface area contributed by atoms with Crippen LogP contribution in [-0.4, -0.2) is 36.7 Å². The van der Waals surface area contributed by atoms with Gasteiger partial charge in [0.2, 0.25) is 5.91 Å². The number of hydrogen-bond acceptors (Lipinski definition) is 3. The van der Waals surface area contributed by atoms with Crippen molar-refractivity contribution in [3.05, 3.63) is 30.3 Å². The van der Waals surface area contributed by atoms with Crippen molar-refractivity contribution in [3.63, 3.8) is 0 Å². The van der Waals surface area contributed by atoms with Gasteiger partial charge in [-0.2, -0.15) is 0 Å². The smallest absolute Gasteiger partial charge is 0.416 e. The molecule has 1 aromatic carbocycles. The molecule has 5 nitrogen and oxygen atoms in total. The van der Waals surface area contributed by atoms with Crippen LogP contribution in [0, 0.1) is 5.92 Å². The summed E-state index contributed by atoms with van der Waals surface area (Å²) < 4.78 is 5.40. The minimum Gasteiger partial charge on any atom is -0.423 e. The summed E-state index contributed by atoms with van der Waals surface area (Å²) in [6, 6.07) is 9.39. The van der Waals surface area contributed by atoms with Crippen molar-refractivity contribution in [1.82, 2.24) is 4.90 Å². The van der Waals surface area contributed by atoms with Crippen molar-refractivity contribution in [1.29, 1.82) is 0 Å². The van der Waals surface area contributed by atoms with Crippen LogP contribution in [0.2, 0.25) is 0 Å². The SMILES string of the molecule is CCCCC(CC)CC(=O)N(C)C1CN(c2ccccc2)C(=O)O1. The summed E-state index contributed by atoms with van der Waals surface area (Å²) in [6.45, 7) is 4.66. The molecular formula is C19H28N2O3. The maximum Gasteiger partial charge on any atom is 0.416 e. The predicted molar refractivity (Wildman–Crippen MR) is 94.8 cm³/mol. The Morgan fingerprint density at radius 2 is 2.04 bits per heavy atom. The van der Waals surface area contributed by atoms with Crippen LogP contribution in [0.25, 0.3) is 0 Å². The molecule has 0 aromatic heterocycles. The molecule has 24 heavy (non-hydrogen) atoms. The standard InChI is InChI=1S/C19H28N2O3/c1-4-6-10-15(5-2)13-17(22)20(3)18-14-21(19(23)24-18)16-11-8-7-9-12-16/h7-9,11-12,15,18H,4-6,10,13-14H2,1-3H3. The number of unbranched alkanes of at least 4 members (excludes halogenated alkanes) is 1. The van der Waals surface area contributed by atoms with Crippen LogP contribution in [0.5, 0.6) is 0 Å². The molecule has 0 bridgehead atoms. The Morgan fingerprint density at radius 3 is 2.67 bits per heavy atom. The molecule has 5 heteroatoms. The highest BCUT2D eigenvalue weighted by Gasteiger charge is 2.36. The van der Waals surface area contributed by atoms with Gasteiger partial charge < -0.3 is 9.64 Å². The summed E-state index contributed by atoms with van der Waals surface area (Å²) in [5.41, 5.74) is 0.792. The number of carbonyl (C=O) groups is 2. The highest BCUT2D eigenvalue weighted by Crippen LogP contribution is 2.24. The molecule has 0 aliphatic carbocycles. The monoisotopic (exact) mass is 332 g/mol. The molecule has 1 fully saturated rings. The van der Waals surface area contributed by atoms with Gasteiger partial charge in [-0.25, -0.2) is 4.79 Å². The summed E-state index contributed by atoms with van der Waals surface area (Å²) in [5.74, 6) is 0.452. The molecule has 0 radical (unpaired) electrons.